The Bertz CT molecular complexity index is 409. The normalized spacial score (nSPS) is 17.7. The summed E-state index contributed by atoms with van der Waals surface area (Å²) < 4.78 is 0. The van der Waals surface area contributed by atoms with Gasteiger partial charge in [0, 0.05) is 12.6 Å². The molecule has 1 aliphatic rings. The number of carbonyl (C=O) groups excluding carboxylic acids is 1. The van der Waals surface area contributed by atoms with E-state index in [-0.39, 0.29) is 5.92 Å². The molecule has 0 saturated heterocycles. The van der Waals surface area contributed by atoms with E-state index in [2.05, 4.69) is 30.9 Å². The van der Waals surface area contributed by atoms with E-state index in [0.29, 0.717) is 11.9 Å². The van der Waals surface area contributed by atoms with E-state index in [1.807, 2.05) is 18.2 Å². The molecule has 0 aromatic heterocycles. The first-order valence-corrected chi connectivity index (χ1v) is 8.13. The van der Waals surface area contributed by atoms with E-state index in [1.54, 1.807) is 0 Å². The molecule has 0 heterocycles. The number of amides is 1. The second-order valence-corrected chi connectivity index (χ2v) is 5.79. The minimum absolute atomic E-state index is 0.0260. The molecule has 110 valence electrons. The fraction of sp³-hybridized carbons (Fsp3) is 0.611. The number of benzene rings is 1. The maximum Gasteiger partial charge on any atom is 0.230 e. The topological polar surface area (TPSA) is 20.3 Å². The number of hydrogen-bond acceptors (Lipinski definition) is 1. The molecule has 1 fully saturated rings. The van der Waals surface area contributed by atoms with Gasteiger partial charge >= 0.3 is 0 Å². The van der Waals surface area contributed by atoms with E-state index in [4.69, 9.17) is 0 Å². The first kappa shape index (κ1) is 15.1. The van der Waals surface area contributed by atoms with Crippen LogP contribution in [-0.2, 0) is 4.79 Å². The summed E-state index contributed by atoms with van der Waals surface area (Å²) in [5.74, 6) is 0.353. The van der Waals surface area contributed by atoms with Crippen molar-refractivity contribution in [3.05, 3.63) is 35.9 Å². The summed E-state index contributed by atoms with van der Waals surface area (Å²) in [7, 11) is 0. The van der Waals surface area contributed by atoms with Crippen LogP contribution in [0.15, 0.2) is 30.3 Å². The smallest absolute Gasteiger partial charge is 0.230 e. The Kier molecular flexibility index (Phi) is 5.63. The zero-order valence-corrected chi connectivity index (χ0v) is 12.8. The Morgan fingerprint density at radius 3 is 2.35 bits per heavy atom. The molecule has 0 unspecified atom stereocenters. The van der Waals surface area contributed by atoms with Gasteiger partial charge in [0.25, 0.3) is 0 Å². The average molecular weight is 273 g/mol. The van der Waals surface area contributed by atoms with Crippen LogP contribution < -0.4 is 0 Å². The summed E-state index contributed by atoms with van der Waals surface area (Å²) >= 11 is 0. The lowest BCUT2D eigenvalue weighted by molar-refractivity contribution is -0.135. The summed E-state index contributed by atoms with van der Waals surface area (Å²) in [6.45, 7) is 5.07. The lowest BCUT2D eigenvalue weighted by atomic mass is 9.90. The van der Waals surface area contributed by atoms with Gasteiger partial charge in [0.2, 0.25) is 5.91 Å². The first-order chi connectivity index (χ1) is 9.77. The van der Waals surface area contributed by atoms with Crippen LogP contribution >= 0.6 is 0 Å². The number of hydrogen-bond donors (Lipinski definition) is 0. The van der Waals surface area contributed by atoms with Gasteiger partial charge in [-0.05, 0) is 31.7 Å². The van der Waals surface area contributed by atoms with Crippen LogP contribution in [0.5, 0.6) is 0 Å². The molecule has 0 radical (unpaired) electrons. The van der Waals surface area contributed by atoms with E-state index < -0.39 is 0 Å². The molecule has 1 aromatic carbocycles. The van der Waals surface area contributed by atoms with Gasteiger partial charge in [-0.25, -0.2) is 0 Å². The predicted octanol–water partition coefficient (Wildman–Crippen LogP) is 4.36. The molecule has 0 bridgehead atoms. The zero-order valence-electron chi connectivity index (χ0n) is 12.8. The van der Waals surface area contributed by atoms with Crippen molar-refractivity contribution < 1.29 is 4.79 Å². The fourth-order valence-electron chi connectivity index (χ4n) is 3.43. The van der Waals surface area contributed by atoms with Crippen LogP contribution in [0.2, 0.25) is 0 Å². The standard InChI is InChI=1S/C18H27NO/c1-3-17(15-11-7-5-8-12-15)18(20)19(4-2)16-13-9-6-10-14-16/h5,7-8,11-12,16-17H,3-4,6,9-10,13-14H2,1-2H3/t17-/m1/s1. The molecule has 0 spiro atoms. The van der Waals surface area contributed by atoms with Gasteiger partial charge in [-0.3, -0.25) is 4.79 Å². The van der Waals surface area contributed by atoms with Crippen molar-refractivity contribution in [3.8, 4) is 0 Å². The third kappa shape index (κ3) is 3.41. The molecular formula is C18H27NO. The summed E-state index contributed by atoms with van der Waals surface area (Å²) in [6.07, 6.45) is 7.13. The molecule has 2 rings (SSSR count). The van der Waals surface area contributed by atoms with Crippen LogP contribution in [0.3, 0.4) is 0 Å². The molecule has 1 saturated carbocycles. The first-order valence-electron chi connectivity index (χ1n) is 8.13. The molecule has 1 aliphatic carbocycles. The highest BCUT2D eigenvalue weighted by molar-refractivity contribution is 5.84. The molecule has 1 aromatic rings. The second-order valence-electron chi connectivity index (χ2n) is 5.79. The molecule has 20 heavy (non-hydrogen) atoms. The zero-order chi connectivity index (χ0) is 14.4. The lowest BCUT2D eigenvalue weighted by Crippen LogP contribution is -2.43. The SMILES string of the molecule is CC[C@@H](C(=O)N(CC)C1CCCCC1)c1ccccc1. The van der Waals surface area contributed by atoms with Gasteiger partial charge in [0.15, 0.2) is 0 Å². The van der Waals surface area contributed by atoms with E-state index in [0.717, 1.165) is 18.5 Å². The van der Waals surface area contributed by atoms with Crippen molar-refractivity contribution in [2.45, 2.75) is 64.3 Å². The van der Waals surface area contributed by atoms with Gasteiger partial charge in [-0.15, -0.1) is 0 Å². The largest absolute Gasteiger partial charge is 0.339 e. The Morgan fingerprint density at radius 2 is 1.80 bits per heavy atom. The molecular weight excluding hydrogens is 246 g/mol. The monoisotopic (exact) mass is 273 g/mol. The molecule has 2 nitrogen and oxygen atoms in total. The van der Waals surface area contributed by atoms with Crippen LogP contribution in [0.4, 0.5) is 0 Å². The number of likely N-dealkylation sites (N-methyl/N-ethyl adjacent to an activating group) is 1. The van der Waals surface area contributed by atoms with Crippen molar-refractivity contribution in [1.82, 2.24) is 4.90 Å². The summed E-state index contributed by atoms with van der Waals surface area (Å²) in [5, 5.41) is 0. The van der Waals surface area contributed by atoms with Crippen LogP contribution in [0.25, 0.3) is 0 Å². The Balaban J connectivity index is 2.13. The third-order valence-corrected chi connectivity index (χ3v) is 4.55. The van der Waals surface area contributed by atoms with Gasteiger partial charge in [0.1, 0.15) is 0 Å². The number of nitrogens with zero attached hydrogens (tertiary/aromatic N) is 1. The second kappa shape index (κ2) is 7.47. The third-order valence-electron chi connectivity index (χ3n) is 4.55. The predicted molar refractivity (Wildman–Crippen MR) is 83.7 cm³/mol. The molecule has 2 heteroatoms. The summed E-state index contributed by atoms with van der Waals surface area (Å²) in [5.41, 5.74) is 1.16. The van der Waals surface area contributed by atoms with Crippen molar-refractivity contribution in [2.24, 2.45) is 0 Å². The molecule has 1 atom stereocenters. The van der Waals surface area contributed by atoms with E-state index in [9.17, 15) is 4.79 Å². The van der Waals surface area contributed by atoms with Crippen molar-refractivity contribution >= 4 is 5.91 Å². The minimum Gasteiger partial charge on any atom is -0.339 e. The fourth-order valence-corrected chi connectivity index (χ4v) is 3.43. The van der Waals surface area contributed by atoms with Gasteiger partial charge < -0.3 is 4.90 Å². The summed E-state index contributed by atoms with van der Waals surface area (Å²) in [4.78, 5) is 15.1. The minimum atomic E-state index is 0.0260. The Morgan fingerprint density at radius 1 is 1.15 bits per heavy atom. The van der Waals surface area contributed by atoms with E-state index in [1.165, 1.54) is 32.1 Å². The number of rotatable bonds is 5. The highest BCUT2D eigenvalue weighted by atomic mass is 16.2. The van der Waals surface area contributed by atoms with Crippen molar-refractivity contribution in [2.75, 3.05) is 6.54 Å². The summed E-state index contributed by atoms with van der Waals surface area (Å²) in [6, 6.07) is 10.7. The average Bonchev–Trinajstić information content (AvgIpc) is 2.51. The molecule has 0 N–H and O–H groups in total. The van der Waals surface area contributed by atoms with Crippen LogP contribution in [-0.4, -0.2) is 23.4 Å². The van der Waals surface area contributed by atoms with Gasteiger partial charge in [-0.2, -0.15) is 0 Å². The quantitative estimate of drug-likeness (QED) is 0.780. The molecule has 1 amide bonds. The van der Waals surface area contributed by atoms with Gasteiger partial charge in [0.05, 0.1) is 5.92 Å². The van der Waals surface area contributed by atoms with E-state index >= 15 is 0 Å². The van der Waals surface area contributed by atoms with Crippen molar-refractivity contribution in [1.29, 1.82) is 0 Å². The highest BCUT2D eigenvalue weighted by Gasteiger charge is 2.29. The highest BCUT2D eigenvalue weighted by Crippen LogP contribution is 2.28. The lowest BCUT2D eigenvalue weighted by Gasteiger charge is -2.36. The number of carbonyl (C=O) groups is 1. The molecule has 0 aliphatic heterocycles. The van der Waals surface area contributed by atoms with Crippen molar-refractivity contribution in [3.63, 3.8) is 0 Å². The Hall–Kier alpha value is -1.31. The maximum absolute atomic E-state index is 12.9. The van der Waals surface area contributed by atoms with Gasteiger partial charge in [-0.1, -0.05) is 56.5 Å². The Labute approximate surface area is 123 Å². The van der Waals surface area contributed by atoms with Crippen LogP contribution in [0.1, 0.15) is 63.9 Å². The maximum atomic E-state index is 12.9. The van der Waals surface area contributed by atoms with Crippen LogP contribution in [0, 0.1) is 0 Å².